The maximum absolute atomic E-state index is 13.7. The number of carbonyl (C=O) groups is 1. The van der Waals surface area contributed by atoms with E-state index in [2.05, 4.69) is 22.3 Å². The van der Waals surface area contributed by atoms with Crippen molar-refractivity contribution >= 4 is 6.09 Å². The Morgan fingerprint density at radius 2 is 1.42 bits per heavy atom. The number of alkyl carbamates (subject to hydrolysis) is 1. The summed E-state index contributed by atoms with van der Waals surface area (Å²) in [5.41, 5.74) is 4.13. The van der Waals surface area contributed by atoms with Crippen molar-refractivity contribution in [3.63, 3.8) is 0 Å². The molecular weight excluding hydrogens is 546 g/mol. The summed E-state index contributed by atoms with van der Waals surface area (Å²) >= 11 is 0. The number of nitrogens with one attached hydrogen (secondary N) is 1. The third-order valence-electron chi connectivity index (χ3n) is 7.48. The second kappa shape index (κ2) is 13.4. The van der Waals surface area contributed by atoms with Crippen LogP contribution in [0.1, 0.15) is 32.8 Å². The third kappa shape index (κ3) is 8.64. The second-order valence-corrected chi connectivity index (χ2v) is 12.1. The Balaban J connectivity index is 1.35. The molecule has 5 nitrogen and oxygen atoms in total. The number of hydrogen-bond acceptors (Lipinski definition) is 4. The van der Waals surface area contributed by atoms with E-state index in [1.807, 2.05) is 57.2 Å². The lowest BCUT2D eigenvalue weighted by atomic mass is 9.98. The van der Waals surface area contributed by atoms with Crippen LogP contribution in [0.15, 0.2) is 97.1 Å². The highest BCUT2D eigenvalue weighted by Gasteiger charge is 2.33. The van der Waals surface area contributed by atoms with Crippen LogP contribution in [0, 0.1) is 17.6 Å². The minimum Gasteiger partial charge on any atom is -0.492 e. The topological polar surface area (TPSA) is 50.8 Å². The second-order valence-electron chi connectivity index (χ2n) is 12.1. The van der Waals surface area contributed by atoms with Gasteiger partial charge in [-0.05, 0) is 103 Å². The lowest BCUT2D eigenvalue weighted by Gasteiger charge is -2.25. The van der Waals surface area contributed by atoms with E-state index in [1.165, 1.54) is 29.8 Å². The Morgan fingerprint density at radius 1 is 0.837 bits per heavy atom. The first kappa shape index (κ1) is 30.2. The average Bonchev–Trinajstić information content (AvgIpc) is 3.36. The highest BCUT2D eigenvalue weighted by Crippen LogP contribution is 2.33. The molecule has 5 rings (SSSR count). The summed E-state index contributed by atoms with van der Waals surface area (Å²) in [5, 5.41) is 2.94. The highest BCUT2D eigenvalue weighted by molar-refractivity contribution is 5.75. The molecule has 1 amide bonds. The van der Waals surface area contributed by atoms with Crippen LogP contribution >= 0.6 is 0 Å². The van der Waals surface area contributed by atoms with E-state index in [4.69, 9.17) is 9.47 Å². The summed E-state index contributed by atoms with van der Waals surface area (Å²) in [5.74, 6) is 0.317. The summed E-state index contributed by atoms with van der Waals surface area (Å²) in [6, 6.07) is 29.1. The van der Waals surface area contributed by atoms with Gasteiger partial charge in [0.05, 0.1) is 0 Å². The SMILES string of the molecule is CC(C)(C)OC(=O)NC[C@@H]1C[C@@H](COc2cc(-c3ccc(F)cc3)cc(-c3ccc(F)cc3)c2)N(Cc2ccccc2)C1. The van der Waals surface area contributed by atoms with Crippen molar-refractivity contribution in [2.24, 2.45) is 5.92 Å². The average molecular weight is 585 g/mol. The molecule has 0 spiro atoms. The number of hydrogen-bond donors (Lipinski definition) is 1. The first-order valence-corrected chi connectivity index (χ1v) is 14.7. The van der Waals surface area contributed by atoms with Gasteiger partial charge < -0.3 is 14.8 Å². The third-order valence-corrected chi connectivity index (χ3v) is 7.48. The predicted molar refractivity (Wildman–Crippen MR) is 166 cm³/mol. The molecule has 0 aliphatic carbocycles. The molecule has 1 fully saturated rings. The smallest absolute Gasteiger partial charge is 0.407 e. The number of carbonyl (C=O) groups excluding carboxylic acids is 1. The predicted octanol–water partition coefficient (Wildman–Crippen LogP) is 8.09. The molecule has 43 heavy (non-hydrogen) atoms. The van der Waals surface area contributed by atoms with E-state index in [-0.39, 0.29) is 23.6 Å². The molecule has 0 saturated carbocycles. The van der Waals surface area contributed by atoms with E-state index < -0.39 is 11.7 Å². The Labute approximate surface area is 252 Å². The van der Waals surface area contributed by atoms with Gasteiger partial charge in [-0.3, -0.25) is 4.90 Å². The number of halogens is 2. The number of likely N-dealkylation sites (tertiary alicyclic amines) is 1. The first-order valence-electron chi connectivity index (χ1n) is 14.7. The zero-order valence-corrected chi connectivity index (χ0v) is 24.9. The maximum atomic E-state index is 13.7. The van der Waals surface area contributed by atoms with Gasteiger partial charge in [0.25, 0.3) is 0 Å². The molecule has 0 aromatic heterocycles. The van der Waals surface area contributed by atoms with Gasteiger partial charge in [-0.25, -0.2) is 13.6 Å². The summed E-state index contributed by atoms with van der Waals surface area (Å²) < 4.78 is 39.2. The minimum atomic E-state index is -0.551. The van der Waals surface area contributed by atoms with Gasteiger partial charge in [0.1, 0.15) is 29.6 Å². The molecule has 4 aromatic rings. The summed E-state index contributed by atoms with van der Waals surface area (Å²) in [4.78, 5) is 14.7. The van der Waals surface area contributed by atoms with Gasteiger partial charge in [0, 0.05) is 25.7 Å². The van der Waals surface area contributed by atoms with Crippen LogP contribution in [-0.4, -0.2) is 42.3 Å². The van der Waals surface area contributed by atoms with E-state index >= 15 is 0 Å². The number of ether oxygens (including phenoxy) is 2. The molecule has 224 valence electrons. The lowest BCUT2D eigenvalue weighted by Crippen LogP contribution is -2.36. The molecule has 0 radical (unpaired) electrons. The molecule has 7 heteroatoms. The molecule has 1 heterocycles. The number of nitrogens with zero attached hydrogens (tertiary/aromatic N) is 1. The minimum absolute atomic E-state index is 0.120. The van der Waals surface area contributed by atoms with Crippen LogP contribution in [0.25, 0.3) is 22.3 Å². The summed E-state index contributed by atoms with van der Waals surface area (Å²) in [7, 11) is 0. The number of benzene rings is 4. The highest BCUT2D eigenvalue weighted by atomic mass is 19.1. The molecule has 0 unspecified atom stereocenters. The largest absolute Gasteiger partial charge is 0.492 e. The molecule has 2 atom stereocenters. The van der Waals surface area contributed by atoms with Crippen LogP contribution in [0.3, 0.4) is 0 Å². The summed E-state index contributed by atoms with van der Waals surface area (Å²) in [6.07, 6.45) is 0.443. The normalized spacial score (nSPS) is 17.0. The quantitative estimate of drug-likeness (QED) is 0.216. The van der Waals surface area contributed by atoms with Crippen molar-refractivity contribution in [3.05, 3.63) is 114 Å². The molecule has 0 bridgehead atoms. The van der Waals surface area contributed by atoms with Crippen molar-refractivity contribution < 1.29 is 23.0 Å². The van der Waals surface area contributed by atoms with Gasteiger partial charge in [0.2, 0.25) is 0 Å². The van der Waals surface area contributed by atoms with Crippen molar-refractivity contribution in [2.75, 3.05) is 19.7 Å². The van der Waals surface area contributed by atoms with Crippen molar-refractivity contribution in [1.29, 1.82) is 0 Å². The monoisotopic (exact) mass is 584 g/mol. The fourth-order valence-corrected chi connectivity index (χ4v) is 5.46. The van der Waals surface area contributed by atoms with Crippen LogP contribution in [0.2, 0.25) is 0 Å². The fourth-order valence-electron chi connectivity index (χ4n) is 5.46. The zero-order chi connectivity index (χ0) is 30.4. The standard InChI is InChI=1S/C36H38F2N2O3/c1-36(2,3)43-35(41)39-21-26-17-33(40(23-26)22-25-7-5-4-6-8-25)24-42-34-19-29(27-9-13-31(37)14-10-27)18-30(20-34)28-11-15-32(38)16-12-28/h4-16,18-20,26,33H,17,21-24H2,1-3H3,(H,39,41)/t26-,33-/m0/s1. The van der Waals surface area contributed by atoms with E-state index in [1.54, 1.807) is 24.3 Å². The van der Waals surface area contributed by atoms with Crippen LogP contribution < -0.4 is 10.1 Å². The van der Waals surface area contributed by atoms with Gasteiger partial charge in [0.15, 0.2) is 0 Å². The Hall–Kier alpha value is -4.23. The first-order chi connectivity index (χ1) is 20.6. The zero-order valence-electron chi connectivity index (χ0n) is 24.9. The van der Waals surface area contributed by atoms with Crippen molar-refractivity contribution in [1.82, 2.24) is 10.2 Å². The van der Waals surface area contributed by atoms with Crippen LogP contribution in [0.4, 0.5) is 13.6 Å². The van der Waals surface area contributed by atoms with E-state index in [0.717, 1.165) is 41.8 Å². The summed E-state index contributed by atoms with van der Waals surface area (Å²) in [6.45, 7) is 8.11. The van der Waals surface area contributed by atoms with Crippen molar-refractivity contribution in [2.45, 2.75) is 45.4 Å². The van der Waals surface area contributed by atoms with Crippen molar-refractivity contribution in [3.8, 4) is 28.0 Å². The van der Waals surface area contributed by atoms with E-state index in [9.17, 15) is 13.6 Å². The molecule has 1 aliphatic heterocycles. The molecule has 4 aromatic carbocycles. The Morgan fingerprint density at radius 3 is 1.98 bits per heavy atom. The van der Waals surface area contributed by atoms with Crippen LogP contribution in [0.5, 0.6) is 5.75 Å². The van der Waals surface area contributed by atoms with Gasteiger partial charge in [-0.15, -0.1) is 0 Å². The molecule has 1 aliphatic rings. The Bertz CT molecular complexity index is 1440. The van der Waals surface area contributed by atoms with Crippen LogP contribution in [-0.2, 0) is 11.3 Å². The number of amides is 1. The lowest BCUT2D eigenvalue weighted by molar-refractivity contribution is 0.0519. The molecule has 1 saturated heterocycles. The Kier molecular flexibility index (Phi) is 9.41. The molecular formula is C36H38F2N2O3. The van der Waals surface area contributed by atoms with Gasteiger partial charge >= 0.3 is 6.09 Å². The van der Waals surface area contributed by atoms with Gasteiger partial charge in [-0.1, -0.05) is 54.6 Å². The fraction of sp³-hybridized carbons (Fsp3) is 0.306. The maximum Gasteiger partial charge on any atom is 0.407 e. The van der Waals surface area contributed by atoms with E-state index in [0.29, 0.717) is 18.9 Å². The number of rotatable bonds is 9. The van der Waals surface area contributed by atoms with Gasteiger partial charge in [-0.2, -0.15) is 0 Å². The molecule has 1 N–H and O–H groups in total.